The van der Waals surface area contributed by atoms with E-state index in [4.69, 9.17) is 4.43 Å². The van der Waals surface area contributed by atoms with Gasteiger partial charge in [0.05, 0.1) is 11.7 Å². The predicted molar refractivity (Wildman–Crippen MR) is 187 cm³/mol. The monoisotopic (exact) mass is 690 g/mol. The van der Waals surface area contributed by atoms with E-state index in [1.54, 1.807) is 12.3 Å². The van der Waals surface area contributed by atoms with Crippen molar-refractivity contribution in [2.75, 3.05) is 23.4 Å². The van der Waals surface area contributed by atoms with Gasteiger partial charge in [-0.2, -0.15) is 0 Å². The Labute approximate surface area is 285 Å². The Morgan fingerprint density at radius 1 is 0.939 bits per heavy atom. The van der Waals surface area contributed by atoms with Crippen LogP contribution in [0.3, 0.4) is 0 Å². The summed E-state index contributed by atoms with van der Waals surface area (Å²) in [7, 11) is -3.01. The van der Waals surface area contributed by atoms with Crippen molar-refractivity contribution in [3.05, 3.63) is 108 Å². The van der Waals surface area contributed by atoms with E-state index in [0.717, 1.165) is 15.9 Å². The number of ether oxygens (including phenoxy) is 1. The number of fused-ring (bicyclic) bond motifs is 1. The number of nitrogens with one attached hydrogen (secondary N) is 2. The summed E-state index contributed by atoms with van der Waals surface area (Å²) in [6.45, 7) is 12.1. The van der Waals surface area contributed by atoms with Gasteiger partial charge in [0.1, 0.15) is 12.3 Å². The van der Waals surface area contributed by atoms with E-state index in [9.17, 15) is 22.8 Å². The number of amides is 3. The molecule has 0 radical (unpaired) electrons. The standard InChI is InChI=1S/C37H41F3N4O4Si/c1-25-21-30-33(41-22-25)44(23-31(45)42-30)34(46)43-32(26-17-19-27(20-18-26)48-37(38,39)40)36(5,6)24-47-49(35(2,3)4,28-13-9-7-10-14-28)29-15-11-8-12-16-29/h7-22,32H,23-24H2,1-6H3,(H,42,45)(H,43,46). The molecule has 8 nitrogen and oxygen atoms in total. The molecule has 1 aliphatic rings. The van der Waals surface area contributed by atoms with Gasteiger partial charge in [0, 0.05) is 18.2 Å². The molecule has 0 saturated heterocycles. The van der Waals surface area contributed by atoms with Crippen molar-refractivity contribution >= 4 is 42.1 Å². The Hall–Kier alpha value is -4.68. The minimum atomic E-state index is -4.86. The van der Waals surface area contributed by atoms with Gasteiger partial charge in [-0.05, 0) is 51.7 Å². The molecule has 2 heterocycles. The lowest BCUT2D eigenvalue weighted by Gasteiger charge is -2.46. The molecule has 49 heavy (non-hydrogen) atoms. The van der Waals surface area contributed by atoms with Crippen LogP contribution in [-0.2, 0) is 9.22 Å². The summed E-state index contributed by atoms with van der Waals surface area (Å²) >= 11 is 0. The number of carbonyl (C=O) groups excluding carboxylic acids is 2. The lowest BCUT2D eigenvalue weighted by molar-refractivity contribution is -0.274. The van der Waals surface area contributed by atoms with Gasteiger partial charge in [0.15, 0.2) is 5.82 Å². The third kappa shape index (κ3) is 7.81. The fraction of sp³-hybridized carbons (Fsp3) is 0.324. The lowest BCUT2D eigenvalue weighted by atomic mass is 9.81. The number of carbonyl (C=O) groups is 2. The number of hydrogen-bond acceptors (Lipinski definition) is 5. The molecule has 0 bridgehead atoms. The van der Waals surface area contributed by atoms with E-state index >= 15 is 0 Å². The first kappa shape index (κ1) is 35.6. The summed E-state index contributed by atoms with van der Waals surface area (Å²) in [6.07, 6.45) is -3.25. The Bertz CT molecular complexity index is 1740. The maximum absolute atomic E-state index is 14.1. The van der Waals surface area contributed by atoms with Gasteiger partial charge < -0.3 is 19.8 Å². The Morgan fingerprint density at radius 3 is 2.04 bits per heavy atom. The molecule has 5 rings (SSSR count). The van der Waals surface area contributed by atoms with Crippen molar-refractivity contribution < 1.29 is 31.9 Å². The molecule has 0 fully saturated rings. The van der Waals surface area contributed by atoms with Crippen LogP contribution in [0.5, 0.6) is 5.75 Å². The maximum Gasteiger partial charge on any atom is 0.573 e. The van der Waals surface area contributed by atoms with Crippen molar-refractivity contribution in [3.63, 3.8) is 0 Å². The van der Waals surface area contributed by atoms with Crippen LogP contribution >= 0.6 is 0 Å². The van der Waals surface area contributed by atoms with Crippen LogP contribution < -0.4 is 30.6 Å². The molecule has 4 aromatic rings. The van der Waals surface area contributed by atoms with Gasteiger partial charge in [-0.3, -0.25) is 9.69 Å². The van der Waals surface area contributed by atoms with Crippen molar-refractivity contribution in [2.24, 2.45) is 5.41 Å². The first-order valence-corrected chi connectivity index (χ1v) is 17.9. The Balaban J connectivity index is 1.55. The van der Waals surface area contributed by atoms with Gasteiger partial charge in [-0.1, -0.05) is 107 Å². The normalized spacial score (nSPS) is 14.5. The number of aryl methyl sites for hydroxylation is 1. The summed E-state index contributed by atoms with van der Waals surface area (Å²) in [4.78, 5) is 32.4. The third-order valence-electron chi connectivity index (χ3n) is 8.65. The molecular formula is C37H41F3N4O4Si. The van der Waals surface area contributed by atoms with Crippen LogP contribution in [0, 0.1) is 12.3 Å². The van der Waals surface area contributed by atoms with E-state index in [1.165, 1.54) is 29.2 Å². The number of halogens is 3. The van der Waals surface area contributed by atoms with E-state index < -0.39 is 32.2 Å². The second kappa shape index (κ2) is 13.7. The number of benzene rings is 3. The molecule has 0 aliphatic carbocycles. The molecule has 258 valence electrons. The summed E-state index contributed by atoms with van der Waals surface area (Å²) < 4.78 is 50.4. The van der Waals surface area contributed by atoms with Gasteiger partial charge >= 0.3 is 12.4 Å². The van der Waals surface area contributed by atoms with Gasteiger partial charge in [-0.25, -0.2) is 9.78 Å². The lowest BCUT2D eigenvalue weighted by Crippen LogP contribution is -2.67. The highest BCUT2D eigenvalue weighted by Gasteiger charge is 2.51. The zero-order chi connectivity index (χ0) is 35.6. The summed E-state index contributed by atoms with van der Waals surface area (Å²) in [5.41, 5.74) is 0.904. The summed E-state index contributed by atoms with van der Waals surface area (Å²) in [5.74, 6) is -0.477. The van der Waals surface area contributed by atoms with E-state index in [-0.39, 0.29) is 35.7 Å². The van der Waals surface area contributed by atoms with Crippen LogP contribution in [0.15, 0.2) is 97.2 Å². The van der Waals surface area contributed by atoms with Crippen LogP contribution in [0.2, 0.25) is 5.04 Å². The molecule has 2 N–H and O–H groups in total. The molecule has 1 aromatic heterocycles. The number of urea groups is 1. The molecular weight excluding hydrogens is 650 g/mol. The number of alkyl halides is 3. The fourth-order valence-corrected chi connectivity index (χ4v) is 11.1. The van der Waals surface area contributed by atoms with Crippen LogP contribution in [0.1, 0.15) is 51.8 Å². The minimum absolute atomic E-state index is 0.167. The first-order valence-electron chi connectivity index (χ1n) is 16.0. The maximum atomic E-state index is 14.1. The number of hydrogen-bond donors (Lipinski definition) is 2. The van der Waals surface area contributed by atoms with Gasteiger partial charge in [-0.15, -0.1) is 13.2 Å². The van der Waals surface area contributed by atoms with Crippen LogP contribution in [-0.4, -0.2) is 44.8 Å². The van der Waals surface area contributed by atoms with Crippen molar-refractivity contribution in [1.29, 1.82) is 0 Å². The average molecular weight is 691 g/mol. The molecule has 1 aliphatic heterocycles. The second-order valence-electron chi connectivity index (χ2n) is 14.0. The minimum Gasteiger partial charge on any atom is -0.407 e. The SMILES string of the molecule is Cc1cnc2c(c1)NC(=O)CN2C(=O)NC(c1ccc(OC(F)(F)F)cc1)C(C)(C)CO[Si](c1ccccc1)(c1ccccc1)C(C)(C)C. The smallest absolute Gasteiger partial charge is 0.407 e. The van der Waals surface area contributed by atoms with Crippen LogP contribution in [0.4, 0.5) is 29.5 Å². The number of nitrogens with zero attached hydrogens (tertiary/aromatic N) is 2. The number of pyridine rings is 1. The molecule has 1 unspecified atom stereocenters. The number of rotatable bonds is 9. The van der Waals surface area contributed by atoms with E-state index in [0.29, 0.717) is 11.3 Å². The first-order chi connectivity index (χ1) is 23.0. The van der Waals surface area contributed by atoms with Crippen molar-refractivity contribution in [1.82, 2.24) is 10.3 Å². The summed E-state index contributed by atoms with van der Waals surface area (Å²) in [6, 6.07) is 26.1. The molecule has 12 heteroatoms. The fourth-order valence-electron chi connectivity index (χ4n) is 6.38. The van der Waals surface area contributed by atoms with Gasteiger partial charge in [0.2, 0.25) is 5.91 Å². The quantitative estimate of drug-likeness (QED) is 0.183. The predicted octanol–water partition coefficient (Wildman–Crippen LogP) is 7.10. The third-order valence-corrected chi connectivity index (χ3v) is 13.6. The Morgan fingerprint density at radius 2 is 1.51 bits per heavy atom. The average Bonchev–Trinajstić information content (AvgIpc) is 3.03. The molecule has 3 aromatic carbocycles. The molecule has 0 spiro atoms. The topological polar surface area (TPSA) is 92.8 Å². The zero-order valence-corrected chi connectivity index (χ0v) is 29.4. The van der Waals surface area contributed by atoms with E-state index in [2.05, 4.69) is 65.4 Å². The van der Waals surface area contributed by atoms with E-state index in [1.807, 2.05) is 57.2 Å². The highest BCUT2D eigenvalue weighted by atomic mass is 28.4. The van der Waals surface area contributed by atoms with Crippen molar-refractivity contribution in [2.45, 2.75) is 59.0 Å². The van der Waals surface area contributed by atoms with Crippen LogP contribution in [0.25, 0.3) is 0 Å². The number of anilines is 2. The molecule has 0 saturated carbocycles. The highest BCUT2D eigenvalue weighted by Crippen LogP contribution is 2.41. The number of aromatic nitrogens is 1. The second-order valence-corrected chi connectivity index (χ2v) is 18.3. The highest BCUT2D eigenvalue weighted by molar-refractivity contribution is 6.99. The molecule has 1 atom stereocenters. The van der Waals surface area contributed by atoms with Gasteiger partial charge in [0.25, 0.3) is 8.32 Å². The summed E-state index contributed by atoms with van der Waals surface area (Å²) in [5, 5.41) is 7.68. The Kier molecular flexibility index (Phi) is 9.94. The van der Waals surface area contributed by atoms with Crippen molar-refractivity contribution in [3.8, 4) is 5.75 Å². The largest absolute Gasteiger partial charge is 0.573 e. The zero-order valence-electron chi connectivity index (χ0n) is 28.4. The molecule has 3 amide bonds.